The van der Waals surface area contributed by atoms with Crippen LogP contribution in [0.5, 0.6) is 0 Å². The number of ether oxygens (including phenoxy) is 2. The number of anilines is 1. The van der Waals surface area contributed by atoms with Gasteiger partial charge in [-0.2, -0.15) is 10.4 Å². The highest BCUT2D eigenvalue weighted by Crippen LogP contribution is 2.59. The molecule has 0 radical (unpaired) electrons. The third-order valence-electron chi connectivity index (χ3n) is 6.17. The van der Waals surface area contributed by atoms with Crippen LogP contribution in [-0.2, 0) is 19.9 Å². The lowest BCUT2D eigenvalue weighted by atomic mass is 9.90. The summed E-state index contributed by atoms with van der Waals surface area (Å²) < 4.78 is 12.6. The zero-order chi connectivity index (χ0) is 19.7. The first-order valence-corrected chi connectivity index (χ1v) is 9.22. The van der Waals surface area contributed by atoms with Crippen LogP contribution in [0.2, 0.25) is 0 Å². The van der Waals surface area contributed by atoms with Crippen LogP contribution < -0.4 is 5.73 Å². The highest BCUT2D eigenvalue weighted by atomic mass is 16.6. The topological polar surface area (TPSA) is 156 Å². The predicted octanol–water partition coefficient (Wildman–Crippen LogP) is -0.363. The largest absolute Gasteiger partial charge is 0.456 e. The van der Waals surface area contributed by atoms with Crippen molar-refractivity contribution < 1.29 is 24.5 Å². The van der Waals surface area contributed by atoms with Gasteiger partial charge in [-0.15, -0.1) is 0 Å². The molecule has 1 saturated heterocycles. The maximum Gasteiger partial charge on any atom is 0.309 e. The summed E-state index contributed by atoms with van der Waals surface area (Å²) in [6.45, 7) is 0. The minimum Gasteiger partial charge on any atom is -0.456 e. The van der Waals surface area contributed by atoms with Gasteiger partial charge < -0.3 is 25.4 Å². The second kappa shape index (κ2) is 5.64. The van der Waals surface area contributed by atoms with E-state index in [4.69, 9.17) is 15.2 Å². The molecule has 0 bridgehead atoms. The minimum atomic E-state index is -1.87. The first-order chi connectivity index (χ1) is 13.4. The van der Waals surface area contributed by atoms with Crippen LogP contribution in [-0.4, -0.2) is 54.7 Å². The molecule has 1 unspecified atom stereocenters. The quantitative estimate of drug-likeness (QED) is 0.600. The molecule has 2 saturated carbocycles. The minimum absolute atomic E-state index is 0.183. The number of nitrogens with zero attached hydrogens (tertiary/aromatic N) is 4. The van der Waals surface area contributed by atoms with Crippen molar-refractivity contribution in [3.05, 3.63) is 24.2 Å². The second-order valence-electron chi connectivity index (χ2n) is 7.68. The van der Waals surface area contributed by atoms with Crippen molar-refractivity contribution >= 4 is 17.3 Å². The molecule has 0 amide bonds. The number of fused-ring (bicyclic) bond motifs is 2. The number of nitrogens with two attached hydrogens (primary N) is 1. The summed E-state index contributed by atoms with van der Waals surface area (Å²) in [5.41, 5.74) is 2.77. The number of aliphatic hydroxyl groups excluding tert-OH is 1. The first-order valence-electron chi connectivity index (χ1n) is 9.22. The number of hydrogen-bond acceptors (Lipinski definition) is 9. The van der Waals surface area contributed by atoms with E-state index in [1.54, 1.807) is 12.1 Å². The van der Waals surface area contributed by atoms with Crippen molar-refractivity contribution in [2.45, 2.75) is 55.2 Å². The van der Waals surface area contributed by atoms with Crippen LogP contribution in [0.1, 0.15) is 31.4 Å². The Bertz CT molecular complexity index is 1010. The molecule has 28 heavy (non-hydrogen) atoms. The average molecular weight is 385 g/mol. The van der Waals surface area contributed by atoms with Crippen LogP contribution in [0, 0.1) is 17.2 Å². The molecule has 2 aromatic heterocycles. The first kappa shape index (κ1) is 17.4. The van der Waals surface area contributed by atoms with Gasteiger partial charge in [0.1, 0.15) is 30.1 Å². The van der Waals surface area contributed by atoms with Gasteiger partial charge in [0.2, 0.25) is 5.60 Å². The summed E-state index contributed by atoms with van der Waals surface area (Å²) in [7, 11) is 0. The van der Waals surface area contributed by atoms with Crippen LogP contribution in [0.25, 0.3) is 5.52 Å². The zero-order valence-corrected chi connectivity index (χ0v) is 14.9. The van der Waals surface area contributed by atoms with Gasteiger partial charge >= 0.3 is 5.97 Å². The molecule has 3 fully saturated rings. The maximum atomic E-state index is 12.3. The Labute approximate surface area is 159 Å². The van der Waals surface area contributed by atoms with Gasteiger partial charge in [-0.25, -0.2) is 9.50 Å². The molecule has 1 aliphatic heterocycles. The highest BCUT2D eigenvalue weighted by Gasteiger charge is 2.84. The molecular formula is C18H19N5O5. The van der Waals surface area contributed by atoms with E-state index in [0.29, 0.717) is 5.52 Å². The average Bonchev–Trinajstić information content (AvgIpc) is 3.19. The molecule has 0 aromatic carbocycles. The van der Waals surface area contributed by atoms with Crippen molar-refractivity contribution in [3.63, 3.8) is 0 Å². The molecule has 5 rings (SSSR count). The lowest BCUT2D eigenvalue weighted by molar-refractivity contribution is -0.163. The van der Waals surface area contributed by atoms with Gasteiger partial charge in [-0.1, -0.05) is 12.8 Å². The molecule has 3 aliphatic rings. The molecule has 3 heterocycles. The number of esters is 1. The summed E-state index contributed by atoms with van der Waals surface area (Å²) in [4.78, 5) is 16.2. The lowest BCUT2D eigenvalue weighted by Gasteiger charge is -2.29. The fourth-order valence-electron chi connectivity index (χ4n) is 4.51. The third-order valence-corrected chi connectivity index (χ3v) is 6.17. The number of nitrogen functional groups attached to an aromatic ring is 1. The van der Waals surface area contributed by atoms with E-state index in [2.05, 4.69) is 10.1 Å². The molecule has 10 heteroatoms. The Morgan fingerprint density at radius 2 is 2.18 bits per heavy atom. The maximum absolute atomic E-state index is 12.3. The smallest absolute Gasteiger partial charge is 0.309 e. The Morgan fingerprint density at radius 1 is 1.43 bits per heavy atom. The van der Waals surface area contributed by atoms with Gasteiger partial charge in [0.15, 0.2) is 17.5 Å². The number of aliphatic hydroxyl groups is 2. The van der Waals surface area contributed by atoms with Crippen LogP contribution in [0.4, 0.5) is 5.82 Å². The van der Waals surface area contributed by atoms with Gasteiger partial charge in [0.05, 0.1) is 11.6 Å². The summed E-state index contributed by atoms with van der Waals surface area (Å²) in [5, 5.41) is 35.7. The van der Waals surface area contributed by atoms with Crippen LogP contribution in [0.15, 0.2) is 18.5 Å². The Hall–Kier alpha value is -2.74. The van der Waals surface area contributed by atoms with Crippen LogP contribution >= 0.6 is 0 Å². The van der Waals surface area contributed by atoms with E-state index >= 15 is 0 Å². The number of hydrogen-bond donors (Lipinski definition) is 3. The molecule has 0 spiro atoms. The predicted molar refractivity (Wildman–Crippen MR) is 92.4 cm³/mol. The summed E-state index contributed by atoms with van der Waals surface area (Å²) in [5.74, 6) is -0.372. The molecular weight excluding hydrogens is 366 g/mol. The van der Waals surface area contributed by atoms with E-state index < -0.39 is 35.5 Å². The second-order valence-corrected chi connectivity index (χ2v) is 7.68. The fraction of sp³-hybridized carbons (Fsp3) is 0.556. The molecule has 4 N–H and O–H groups in total. The molecule has 2 aromatic rings. The summed E-state index contributed by atoms with van der Waals surface area (Å²) in [6, 6.07) is 5.11. The number of aromatic nitrogens is 3. The SMILES string of the molecule is N#C[C@@]1(c2ccc3c(N)ncnn23)O[C@@H]2C(OC(=O)C3CCCC3)[C@]2(O)[C@H]1O. The van der Waals surface area contributed by atoms with Gasteiger partial charge in [-0.05, 0) is 25.0 Å². The van der Waals surface area contributed by atoms with E-state index in [-0.39, 0.29) is 17.4 Å². The Morgan fingerprint density at radius 3 is 2.82 bits per heavy atom. The van der Waals surface area contributed by atoms with E-state index in [1.807, 2.05) is 6.07 Å². The number of rotatable bonds is 3. The zero-order valence-electron chi connectivity index (χ0n) is 14.9. The third kappa shape index (κ3) is 2.03. The van der Waals surface area contributed by atoms with E-state index in [0.717, 1.165) is 25.7 Å². The van der Waals surface area contributed by atoms with E-state index in [9.17, 15) is 20.3 Å². The standard InChI is InChI=1S/C18H19N5O5/c19-7-17(11-6-5-10-14(20)21-8-22-23(10)11)16(25)18(26)12(13(18)28-17)27-15(24)9-3-1-2-4-9/h5-6,8-9,12-13,16,25-26H,1-4H2,(H2,20,21,22)/t12?,13-,16+,17+,18-/m1/s1. The van der Waals surface area contributed by atoms with Crippen molar-refractivity contribution in [2.24, 2.45) is 5.92 Å². The fourth-order valence-corrected chi connectivity index (χ4v) is 4.51. The highest BCUT2D eigenvalue weighted by molar-refractivity contribution is 5.73. The molecule has 2 aliphatic carbocycles. The Kier molecular flexibility index (Phi) is 3.49. The van der Waals surface area contributed by atoms with Crippen molar-refractivity contribution in [2.75, 3.05) is 5.73 Å². The summed E-state index contributed by atoms with van der Waals surface area (Å²) in [6.07, 6.45) is 1.07. The van der Waals surface area contributed by atoms with Gasteiger partial charge in [0.25, 0.3) is 0 Å². The molecule has 5 atom stereocenters. The Balaban J connectivity index is 1.44. The van der Waals surface area contributed by atoms with Crippen molar-refractivity contribution in [1.29, 1.82) is 5.26 Å². The van der Waals surface area contributed by atoms with E-state index in [1.165, 1.54) is 10.8 Å². The van der Waals surface area contributed by atoms with Crippen molar-refractivity contribution in [3.8, 4) is 6.07 Å². The molecule has 146 valence electrons. The van der Waals surface area contributed by atoms with Gasteiger partial charge in [-0.3, -0.25) is 4.79 Å². The number of nitriles is 1. The lowest BCUT2D eigenvalue weighted by Crippen LogP contribution is -2.47. The van der Waals surface area contributed by atoms with Gasteiger partial charge in [0, 0.05) is 0 Å². The summed E-state index contributed by atoms with van der Waals surface area (Å²) >= 11 is 0. The van der Waals surface area contributed by atoms with Crippen molar-refractivity contribution in [1.82, 2.24) is 14.6 Å². The number of carbonyl (C=O) groups is 1. The monoisotopic (exact) mass is 385 g/mol. The molecule has 10 nitrogen and oxygen atoms in total. The van der Waals surface area contributed by atoms with Crippen LogP contribution in [0.3, 0.4) is 0 Å². The number of carbonyl (C=O) groups excluding carboxylic acids is 1. The normalized spacial score (nSPS) is 37.0.